The van der Waals surface area contributed by atoms with Gasteiger partial charge in [0, 0.05) is 32.7 Å². The average molecular weight is 416 g/mol. The zero-order chi connectivity index (χ0) is 18.8. The van der Waals surface area contributed by atoms with Crippen LogP contribution in [-0.4, -0.2) is 59.3 Å². The van der Waals surface area contributed by atoms with Crippen LogP contribution < -0.4 is 4.72 Å². The van der Waals surface area contributed by atoms with Crippen molar-refractivity contribution in [2.24, 2.45) is 0 Å². The van der Waals surface area contributed by atoms with Gasteiger partial charge in [0.25, 0.3) is 0 Å². The van der Waals surface area contributed by atoms with Gasteiger partial charge in [-0.3, -0.25) is 0 Å². The van der Waals surface area contributed by atoms with E-state index >= 15 is 0 Å². The molecule has 0 saturated carbocycles. The van der Waals surface area contributed by atoms with Crippen molar-refractivity contribution in [3.05, 3.63) is 47.3 Å². The van der Waals surface area contributed by atoms with Crippen LogP contribution in [0.3, 0.4) is 0 Å². The van der Waals surface area contributed by atoms with Gasteiger partial charge in [0.1, 0.15) is 4.21 Å². The van der Waals surface area contributed by atoms with Crippen molar-refractivity contribution < 1.29 is 16.8 Å². The number of likely N-dealkylation sites (N-methyl/N-ethyl adjacent to an activating group) is 1. The van der Waals surface area contributed by atoms with E-state index in [-0.39, 0.29) is 15.6 Å². The molecule has 0 radical (unpaired) electrons. The lowest BCUT2D eigenvalue weighted by molar-refractivity contribution is 0.222. The Kier molecular flexibility index (Phi) is 5.80. The van der Waals surface area contributed by atoms with E-state index in [1.165, 1.54) is 16.4 Å². The number of thiophene rings is 1. The third kappa shape index (κ3) is 4.33. The molecule has 1 N–H and O–H groups in total. The Morgan fingerprint density at radius 1 is 1.00 bits per heavy atom. The quantitative estimate of drug-likeness (QED) is 0.765. The summed E-state index contributed by atoms with van der Waals surface area (Å²) in [4.78, 5) is 2.32. The first-order chi connectivity index (χ1) is 12.3. The summed E-state index contributed by atoms with van der Waals surface area (Å²) in [6.07, 6.45) is 0. The van der Waals surface area contributed by atoms with Gasteiger partial charge in [-0.2, -0.15) is 4.31 Å². The third-order valence-electron chi connectivity index (χ3n) is 4.25. The van der Waals surface area contributed by atoms with Gasteiger partial charge in [0.2, 0.25) is 20.0 Å². The summed E-state index contributed by atoms with van der Waals surface area (Å²) in [5.41, 5.74) is 0.697. The fourth-order valence-electron chi connectivity index (χ4n) is 2.62. The average Bonchev–Trinajstić information content (AvgIpc) is 3.16. The molecule has 10 heteroatoms. The molecule has 7 nitrogen and oxygen atoms in total. The first-order valence-corrected chi connectivity index (χ1v) is 11.9. The molecule has 26 heavy (non-hydrogen) atoms. The number of piperazine rings is 1. The molecule has 142 valence electrons. The highest BCUT2D eigenvalue weighted by Crippen LogP contribution is 2.19. The van der Waals surface area contributed by atoms with Crippen molar-refractivity contribution in [3.63, 3.8) is 0 Å². The van der Waals surface area contributed by atoms with Gasteiger partial charge in [-0.25, -0.2) is 21.6 Å². The largest absolute Gasteiger partial charge is 0.304 e. The van der Waals surface area contributed by atoms with Crippen LogP contribution in [0.25, 0.3) is 0 Å². The lowest BCUT2D eigenvalue weighted by Gasteiger charge is -2.31. The molecular weight excluding hydrogens is 394 g/mol. The molecule has 0 amide bonds. The van der Waals surface area contributed by atoms with Crippen LogP contribution in [-0.2, 0) is 26.6 Å². The first kappa shape index (κ1) is 19.5. The molecule has 3 rings (SSSR count). The van der Waals surface area contributed by atoms with E-state index < -0.39 is 20.0 Å². The van der Waals surface area contributed by atoms with Crippen molar-refractivity contribution in [2.45, 2.75) is 15.6 Å². The minimum Gasteiger partial charge on any atom is -0.304 e. The van der Waals surface area contributed by atoms with Crippen LogP contribution >= 0.6 is 11.3 Å². The molecule has 0 aliphatic carbocycles. The fourth-order valence-corrected chi connectivity index (χ4v) is 6.10. The second kappa shape index (κ2) is 7.75. The standard InChI is InChI=1S/C16H21N3O4S3/c1-18-8-10-19(11-9-18)26(22,23)15-6-4-14(5-7-15)13-17-25(20,21)16-3-2-12-24-16/h2-7,12,17H,8-11,13H2,1H3. The second-order valence-corrected chi connectivity index (χ2v) is 11.0. The molecule has 0 unspecified atom stereocenters. The van der Waals surface area contributed by atoms with Crippen LogP contribution in [0.1, 0.15) is 5.56 Å². The Labute approximate surface area is 158 Å². The third-order valence-corrected chi connectivity index (χ3v) is 8.96. The number of hydrogen-bond donors (Lipinski definition) is 1. The maximum atomic E-state index is 12.7. The first-order valence-electron chi connectivity index (χ1n) is 8.10. The number of hydrogen-bond acceptors (Lipinski definition) is 6. The van der Waals surface area contributed by atoms with E-state index in [0.717, 1.165) is 11.3 Å². The lowest BCUT2D eigenvalue weighted by atomic mass is 10.2. The molecule has 2 heterocycles. The molecule has 2 aromatic rings. The summed E-state index contributed by atoms with van der Waals surface area (Å²) < 4.78 is 53.9. The highest BCUT2D eigenvalue weighted by Gasteiger charge is 2.27. The van der Waals surface area contributed by atoms with E-state index in [2.05, 4.69) is 9.62 Å². The Hall–Kier alpha value is -1.30. The predicted octanol–water partition coefficient (Wildman–Crippen LogP) is 1.16. The van der Waals surface area contributed by atoms with Crippen molar-refractivity contribution >= 4 is 31.4 Å². The van der Waals surface area contributed by atoms with Crippen molar-refractivity contribution in [1.29, 1.82) is 0 Å². The highest BCUT2D eigenvalue weighted by atomic mass is 32.2. The summed E-state index contributed by atoms with van der Waals surface area (Å²) >= 11 is 1.15. The van der Waals surface area contributed by atoms with Crippen molar-refractivity contribution in [1.82, 2.24) is 13.9 Å². The normalized spacial score (nSPS) is 17.4. The van der Waals surface area contributed by atoms with Crippen LogP contribution in [0.15, 0.2) is 50.9 Å². The summed E-state index contributed by atoms with van der Waals surface area (Å²) in [6, 6.07) is 9.56. The molecule has 0 spiro atoms. The fraction of sp³-hybridized carbons (Fsp3) is 0.375. The Morgan fingerprint density at radius 3 is 2.23 bits per heavy atom. The van der Waals surface area contributed by atoms with Crippen LogP contribution in [0.4, 0.5) is 0 Å². The summed E-state index contributed by atoms with van der Waals surface area (Å²) in [5.74, 6) is 0. The summed E-state index contributed by atoms with van der Waals surface area (Å²) in [7, 11) is -5.08. The van der Waals surface area contributed by atoms with E-state index in [0.29, 0.717) is 31.7 Å². The van der Waals surface area contributed by atoms with Gasteiger partial charge in [-0.1, -0.05) is 18.2 Å². The molecule has 1 saturated heterocycles. The zero-order valence-corrected chi connectivity index (χ0v) is 16.8. The van der Waals surface area contributed by atoms with Gasteiger partial charge in [0.15, 0.2) is 0 Å². The highest BCUT2D eigenvalue weighted by molar-refractivity contribution is 7.91. The Morgan fingerprint density at radius 2 is 1.65 bits per heavy atom. The van der Waals surface area contributed by atoms with Crippen molar-refractivity contribution in [3.8, 4) is 0 Å². The van der Waals surface area contributed by atoms with Crippen LogP contribution in [0.5, 0.6) is 0 Å². The van der Waals surface area contributed by atoms with Gasteiger partial charge in [-0.05, 0) is 36.2 Å². The SMILES string of the molecule is CN1CCN(S(=O)(=O)c2ccc(CNS(=O)(=O)c3cccs3)cc2)CC1. The maximum absolute atomic E-state index is 12.7. The van der Waals surface area contributed by atoms with Crippen LogP contribution in [0.2, 0.25) is 0 Å². The summed E-state index contributed by atoms with van der Waals surface area (Å²) in [5, 5.41) is 1.70. The smallest absolute Gasteiger partial charge is 0.250 e. The minimum absolute atomic E-state index is 0.106. The van der Waals surface area contributed by atoms with E-state index in [9.17, 15) is 16.8 Å². The lowest BCUT2D eigenvalue weighted by Crippen LogP contribution is -2.47. The number of rotatable bonds is 6. The van der Waals surface area contributed by atoms with Crippen LogP contribution in [0, 0.1) is 0 Å². The number of nitrogens with zero attached hydrogens (tertiary/aromatic N) is 2. The summed E-state index contributed by atoms with van der Waals surface area (Å²) in [6.45, 7) is 2.47. The number of nitrogens with one attached hydrogen (secondary N) is 1. The zero-order valence-electron chi connectivity index (χ0n) is 14.3. The van der Waals surface area contributed by atoms with E-state index in [1.54, 1.807) is 29.6 Å². The molecule has 1 aromatic carbocycles. The molecule has 1 aliphatic heterocycles. The molecule has 1 aliphatic rings. The topological polar surface area (TPSA) is 86.8 Å². The van der Waals surface area contributed by atoms with E-state index in [1.807, 2.05) is 7.05 Å². The molecule has 1 fully saturated rings. The van der Waals surface area contributed by atoms with Crippen molar-refractivity contribution in [2.75, 3.05) is 33.2 Å². The molecule has 0 atom stereocenters. The van der Waals surface area contributed by atoms with Gasteiger partial charge in [-0.15, -0.1) is 11.3 Å². The van der Waals surface area contributed by atoms with Gasteiger partial charge < -0.3 is 4.90 Å². The van der Waals surface area contributed by atoms with Gasteiger partial charge >= 0.3 is 0 Å². The maximum Gasteiger partial charge on any atom is 0.250 e. The Bertz CT molecular complexity index is 931. The molecule has 0 bridgehead atoms. The number of benzene rings is 1. The second-order valence-electron chi connectivity index (χ2n) is 6.11. The number of sulfonamides is 2. The molecule has 1 aromatic heterocycles. The van der Waals surface area contributed by atoms with Gasteiger partial charge in [0.05, 0.1) is 4.90 Å². The monoisotopic (exact) mass is 415 g/mol. The minimum atomic E-state index is -3.54. The Balaban J connectivity index is 1.67. The molecular formula is C16H21N3O4S3. The van der Waals surface area contributed by atoms with E-state index in [4.69, 9.17) is 0 Å². The predicted molar refractivity (Wildman–Crippen MR) is 101 cm³/mol.